The summed E-state index contributed by atoms with van der Waals surface area (Å²) in [6.45, 7) is 0. The average molecular weight is 563 g/mol. The summed E-state index contributed by atoms with van der Waals surface area (Å²) < 4.78 is 4.84. The Balaban J connectivity index is 1.23. The Labute approximate surface area is 256 Å². The van der Waals surface area contributed by atoms with Crippen molar-refractivity contribution in [3.05, 3.63) is 163 Å². The van der Waals surface area contributed by atoms with Crippen LogP contribution in [-0.4, -0.2) is 9.13 Å². The second kappa shape index (κ2) is 10.00. The molecule has 0 bridgehead atoms. The van der Waals surface area contributed by atoms with Gasteiger partial charge >= 0.3 is 0 Å². The SMILES string of the molecule is C1=Cc2c(n(-c3ccccc3)c3ccc(-c4ccccc4-c4ccc5c(c4)c4ccccc4n5-c4ccccc4)cc23)CC1. The first kappa shape index (κ1) is 24.9. The van der Waals surface area contributed by atoms with E-state index in [0.29, 0.717) is 0 Å². The van der Waals surface area contributed by atoms with Gasteiger partial charge in [0.1, 0.15) is 0 Å². The Hall–Kier alpha value is -5.60. The van der Waals surface area contributed by atoms with Crippen LogP contribution in [0, 0.1) is 0 Å². The van der Waals surface area contributed by atoms with Crippen molar-refractivity contribution in [2.24, 2.45) is 0 Å². The van der Waals surface area contributed by atoms with Crippen molar-refractivity contribution >= 4 is 38.8 Å². The monoisotopic (exact) mass is 562 g/mol. The number of benzene rings is 6. The van der Waals surface area contributed by atoms with Crippen molar-refractivity contribution in [2.75, 3.05) is 0 Å². The summed E-state index contributed by atoms with van der Waals surface area (Å²) in [4.78, 5) is 0. The molecule has 9 rings (SSSR count). The van der Waals surface area contributed by atoms with Gasteiger partial charge in [-0.15, -0.1) is 0 Å². The third kappa shape index (κ3) is 3.81. The topological polar surface area (TPSA) is 9.86 Å². The number of para-hydroxylation sites is 3. The van der Waals surface area contributed by atoms with Crippen LogP contribution in [0.5, 0.6) is 0 Å². The highest BCUT2D eigenvalue weighted by atomic mass is 15.0. The molecule has 0 aliphatic heterocycles. The van der Waals surface area contributed by atoms with Gasteiger partial charge in [-0.05, 0) is 89.7 Å². The predicted octanol–water partition coefficient (Wildman–Crippen LogP) is 11.0. The van der Waals surface area contributed by atoms with Crippen LogP contribution < -0.4 is 0 Å². The minimum atomic E-state index is 1.05. The van der Waals surface area contributed by atoms with E-state index in [0.717, 1.165) is 12.8 Å². The van der Waals surface area contributed by atoms with Gasteiger partial charge in [-0.2, -0.15) is 0 Å². The molecule has 0 N–H and O–H groups in total. The van der Waals surface area contributed by atoms with Gasteiger partial charge < -0.3 is 9.13 Å². The number of hydrogen-bond acceptors (Lipinski definition) is 0. The third-order valence-electron chi connectivity index (χ3n) is 9.19. The number of hydrogen-bond donors (Lipinski definition) is 0. The molecule has 1 aliphatic rings. The molecule has 0 saturated heterocycles. The summed E-state index contributed by atoms with van der Waals surface area (Å²) in [6, 6.07) is 53.0. The lowest BCUT2D eigenvalue weighted by Gasteiger charge is -2.13. The highest BCUT2D eigenvalue weighted by Crippen LogP contribution is 2.40. The van der Waals surface area contributed by atoms with Gasteiger partial charge in [0.05, 0.1) is 16.6 Å². The summed E-state index contributed by atoms with van der Waals surface area (Å²) in [7, 11) is 0. The number of allylic oxidation sites excluding steroid dienone is 1. The highest BCUT2D eigenvalue weighted by molar-refractivity contribution is 6.11. The molecule has 1 aliphatic carbocycles. The van der Waals surface area contributed by atoms with Crippen molar-refractivity contribution in [3.8, 4) is 33.6 Å². The first-order valence-electron chi connectivity index (χ1n) is 15.4. The summed E-state index contributed by atoms with van der Waals surface area (Å²) in [5.74, 6) is 0. The molecule has 0 unspecified atom stereocenters. The lowest BCUT2D eigenvalue weighted by atomic mass is 9.92. The minimum Gasteiger partial charge on any atom is -0.313 e. The van der Waals surface area contributed by atoms with Crippen LogP contribution in [0.4, 0.5) is 0 Å². The van der Waals surface area contributed by atoms with Crippen LogP contribution in [0.25, 0.3) is 72.4 Å². The van der Waals surface area contributed by atoms with Gasteiger partial charge in [0.2, 0.25) is 0 Å². The summed E-state index contributed by atoms with van der Waals surface area (Å²) >= 11 is 0. The molecule has 208 valence electrons. The van der Waals surface area contributed by atoms with Gasteiger partial charge in [-0.25, -0.2) is 0 Å². The van der Waals surface area contributed by atoms with E-state index < -0.39 is 0 Å². The van der Waals surface area contributed by atoms with Gasteiger partial charge in [0, 0.05) is 38.8 Å². The molecule has 0 fully saturated rings. The van der Waals surface area contributed by atoms with Crippen LogP contribution in [0.15, 0.2) is 152 Å². The lowest BCUT2D eigenvalue weighted by molar-refractivity contribution is 0.888. The smallest absolute Gasteiger partial charge is 0.0541 e. The van der Waals surface area contributed by atoms with Gasteiger partial charge in [0.25, 0.3) is 0 Å². The molecular weight excluding hydrogens is 532 g/mol. The Morgan fingerprint density at radius 1 is 0.432 bits per heavy atom. The number of rotatable bonds is 4. The molecule has 6 aromatic carbocycles. The Bertz CT molecular complexity index is 2370. The predicted molar refractivity (Wildman–Crippen MR) is 186 cm³/mol. The number of nitrogens with zero attached hydrogens (tertiary/aromatic N) is 2. The van der Waals surface area contributed by atoms with Crippen molar-refractivity contribution < 1.29 is 0 Å². The molecule has 0 spiro atoms. The molecular formula is C42H30N2. The van der Waals surface area contributed by atoms with E-state index in [1.807, 2.05) is 0 Å². The van der Waals surface area contributed by atoms with Gasteiger partial charge in [-0.3, -0.25) is 0 Å². The summed E-state index contributed by atoms with van der Waals surface area (Å²) in [5, 5.41) is 3.85. The number of fused-ring (bicyclic) bond motifs is 6. The van der Waals surface area contributed by atoms with E-state index in [2.05, 4.69) is 167 Å². The lowest BCUT2D eigenvalue weighted by Crippen LogP contribution is -2.02. The summed E-state index contributed by atoms with van der Waals surface area (Å²) in [5.41, 5.74) is 13.8. The van der Waals surface area contributed by atoms with Crippen LogP contribution >= 0.6 is 0 Å². The van der Waals surface area contributed by atoms with E-state index >= 15 is 0 Å². The molecule has 0 atom stereocenters. The molecule has 2 aromatic heterocycles. The van der Waals surface area contributed by atoms with Crippen LogP contribution in [0.1, 0.15) is 17.7 Å². The van der Waals surface area contributed by atoms with Crippen molar-refractivity contribution in [3.63, 3.8) is 0 Å². The normalized spacial score (nSPS) is 12.7. The molecule has 0 saturated carbocycles. The highest BCUT2D eigenvalue weighted by Gasteiger charge is 2.20. The summed E-state index contributed by atoms with van der Waals surface area (Å²) in [6.07, 6.45) is 6.78. The second-order valence-electron chi connectivity index (χ2n) is 11.7. The van der Waals surface area contributed by atoms with E-state index in [-0.39, 0.29) is 0 Å². The van der Waals surface area contributed by atoms with Crippen LogP contribution in [0.3, 0.4) is 0 Å². The largest absolute Gasteiger partial charge is 0.313 e. The maximum Gasteiger partial charge on any atom is 0.0541 e. The zero-order valence-corrected chi connectivity index (χ0v) is 24.3. The zero-order valence-electron chi connectivity index (χ0n) is 24.3. The van der Waals surface area contributed by atoms with E-state index in [1.165, 1.54) is 77.6 Å². The zero-order chi connectivity index (χ0) is 29.0. The third-order valence-corrected chi connectivity index (χ3v) is 9.19. The van der Waals surface area contributed by atoms with Crippen molar-refractivity contribution in [1.29, 1.82) is 0 Å². The molecule has 0 amide bonds. The van der Waals surface area contributed by atoms with Crippen LogP contribution in [-0.2, 0) is 6.42 Å². The Morgan fingerprint density at radius 3 is 1.68 bits per heavy atom. The fourth-order valence-corrected chi connectivity index (χ4v) is 7.24. The van der Waals surface area contributed by atoms with Crippen molar-refractivity contribution in [1.82, 2.24) is 9.13 Å². The maximum absolute atomic E-state index is 2.46. The first-order chi connectivity index (χ1) is 21.8. The second-order valence-corrected chi connectivity index (χ2v) is 11.7. The maximum atomic E-state index is 2.46. The molecule has 0 radical (unpaired) electrons. The minimum absolute atomic E-state index is 1.05. The average Bonchev–Trinajstić information content (AvgIpc) is 3.61. The molecule has 44 heavy (non-hydrogen) atoms. The number of aromatic nitrogens is 2. The first-order valence-corrected chi connectivity index (χ1v) is 15.4. The van der Waals surface area contributed by atoms with Crippen LogP contribution in [0.2, 0.25) is 0 Å². The standard InChI is InChI=1S/C42H30N2/c1-3-13-31(14-4-1)43-39-21-11-9-19-35(39)37-27-29(23-25-41(37)43)33-17-7-8-18-34(33)30-24-26-42-38(28-30)36-20-10-12-22-40(36)44(42)32-15-5-2-6-16-32/h1-11,13-21,23-28H,12,22H2. The quantitative estimate of drug-likeness (QED) is 0.202. The Kier molecular flexibility index (Phi) is 5.67. The van der Waals surface area contributed by atoms with Crippen molar-refractivity contribution in [2.45, 2.75) is 12.8 Å². The fourth-order valence-electron chi connectivity index (χ4n) is 7.24. The fraction of sp³-hybridized carbons (Fsp3) is 0.0476. The van der Waals surface area contributed by atoms with E-state index in [9.17, 15) is 0 Å². The molecule has 2 nitrogen and oxygen atoms in total. The Morgan fingerprint density at radius 2 is 0.977 bits per heavy atom. The van der Waals surface area contributed by atoms with E-state index in [1.54, 1.807) is 0 Å². The van der Waals surface area contributed by atoms with Gasteiger partial charge in [-0.1, -0.05) is 103 Å². The van der Waals surface area contributed by atoms with E-state index in [4.69, 9.17) is 0 Å². The molecule has 2 heteroatoms. The molecule has 8 aromatic rings. The molecule has 2 heterocycles. The van der Waals surface area contributed by atoms with Gasteiger partial charge in [0.15, 0.2) is 0 Å².